The Hall–Kier alpha value is -1.51. The van der Waals surface area contributed by atoms with Gasteiger partial charge in [0, 0.05) is 25.2 Å². The summed E-state index contributed by atoms with van der Waals surface area (Å²) < 4.78 is 27.1. The van der Waals surface area contributed by atoms with E-state index >= 15 is 0 Å². The van der Waals surface area contributed by atoms with Crippen molar-refractivity contribution < 1.29 is 13.2 Å². The summed E-state index contributed by atoms with van der Waals surface area (Å²) in [4.78, 5) is 12.3. The van der Waals surface area contributed by atoms with E-state index in [1.54, 1.807) is 24.3 Å². The molecule has 1 aromatic carbocycles. The maximum Gasteiger partial charge on any atom is 0.243 e. The molecule has 156 valence electrons. The van der Waals surface area contributed by atoms with E-state index in [0.29, 0.717) is 31.1 Å². The third kappa shape index (κ3) is 6.53. The minimum absolute atomic E-state index is 0.0710. The largest absolute Gasteiger partial charge is 0.332 e. The van der Waals surface area contributed by atoms with Crippen molar-refractivity contribution >= 4 is 38.9 Å². The van der Waals surface area contributed by atoms with Crippen LogP contribution >= 0.6 is 12.2 Å². The highest BCUT2D eigenvalue weighted by atomic mass is 32.2. The molecule has 0 radical (unpaired) electrons. The number of nitrogens with one attached hydrogen (secondary N) is 2. The maximum absolute atomic E-state index is 12.8. The number of hydrogen-bond acceptors (Lipinski definition) is 4. The van der Waals surface area contributed by atoms with E-state index in [4.69, 9.17) is 12.2 Å². The summed E-state index contributed by atoms with van der Waals surface area (Å²) in [5.41, 5.74) is 0.641. The fourth-order valence-electron chi connectivity index (χ4n) is 3.53. The smallest absolute Gasteiger partial charge is 0.243 e. The molecule has 0 aliphatic heterocycles. The van der Waals surface area contributed by atoms with E-state index in [1.165, 1.54) is 17.1 Å². The first kappa shape index (κ1) is 22.8. The monoisotopic (exact) mass is 425 g/mol. The van der Waals surface area contributed by atoms with Gasteiger partial charge in [0.2, 0.25) is 15.9 Å². The zero-order valence-corrected chi connectivity index (χ0v) is 18.4. The van der Waals surface area contributed by atoms with Crippen molar-refractivity contribution in [2.75, 3.05) is 18.4 Å². The van der Waals surface area contributed by atoms with E-state index in [9.17, 15) is 13.2 Å². The van der Waals surface area contributed by atoms with E-state index in [2.05, 4.69) is 10.6 Å². The van der Waals surface area contributed by atoms with Gasteiger partial charge in [-0.1, -0.05) is 26.7 Å². The molecule has 8 heteroatoms. The van der Waals surface area contributed by atoms with Crippen LogP contribution in [-0.4, -0.2) is 36.8 Å². The zero-order chi connectivity index (χ0) is 20.6. The van der Waals surface area contributed by atoms with Crippen LogP contribution in [0.15, 0.2) is 29.2 Å². The first-order chi connectivity index (χ1) is 13.4. The summed E-state index contributed by atoms with van der Waals surface area (Å²) in [7, 11) is -3.50. The van der Waals surface area contributed by atoms with Crippen LogP contribution < -0.4 is 10.6 Å². The Bertz CT molecular complexity index is 751. The number of benzene rings is 1. The Balaban J connectivity index is 1.93. The summed E-state index contributed by atoms with van der Waals surface area (Å²) in [6.45, 7) is 4.95. The van der Waals surface area contributed by atoms with Gasteiger partial charge >= 0.3 is 0 Å². The minimum Gasteiger partial charge on any atom is -0.332 e. The van der Waals surface area contributed by atoms with Gasteiger partial charge in [0.05, 0.1) is 4.90 Å². The van der Waals surface area contributed by atoms with Crippen LogP contribution in [0.4, 0.5) is 5.69 Å². The average Bonchev–Trinajstić information content (AvgIpc) is 3.14. The highest BCUT2D eigenvalue weighted by Gasteiger charge is 2.23. The fourth-order valence-corrected chi connectivity index (χ4v) is 5.38. The summed E-state index contributed by atoms with van der Waals surface area (Å²) in [6.07, 6.45) is 6.66. The van der Waals surface area contributed by atoms with Crippen molar-refractivity contribution in [3.63, 3.8) is 0 Å². The molecule has 1 saturated carbocycles. The lowest BCUT2D eigenvalue weighted by Gasteiger charge is -2.21. The first-order valence-corrected chi connectivity index (χ1v) is 11.9. The minimum atomic E-state index is -3.50. The molecule has 0 heterocycles. The lowest BCUT2D eigenvalue weighted by atomic mass is 10.0. The maximum atomic E-state index is 12.8. The molecule has 0 spiro atoms. The van der Waals surface area contributed by atoms with Crippen LogP contribution in [0.1, 0.15) is 58.8 Å². The number of carbonyl (C=O) groups excluding carboxylic acids is 1. The molecule has 1 aromatic rings. The van der Waals surface area contributed by atoms with Crippen molar-refractivity contribution in [2.24, 2.45) is 5.92 Å². The topological polar surface area (TPSA) is 78.5 Å². The lowest BCUT2D eigenvalue weighted by molar-refractivity contribution is -0.120. The van der Waals surface area contributed by atoms with E-state index in [1.807, 2.05) is 13.8 Å². The lowest BCUT2D eigenvalue weighted by Crippen LogP contribution is -2.35. The van der Waals surface area contributed by atoms with Crippen LogP contribution in [-0.2, 0) is 14.8 Å². The average molecular weight is 426 g/mol. The second-order valence-electron chi connectivity index (χ2n) is 7.29. The zero-order valence-electron chi connectivity index (χ0n) is 16.7. The molecule has 1 aliphatic carbocycles. The predicted octanol–water partition coefficient (Wildman–Crippen LogP) is 3.89. The molecule has 1 aliphatic rings. The van der Waals surface area contributed by atoms with Gasteiger partial charge in [0.15, 0.2) is 5.11 Å². The Labute approximate surface area is 174 Å². The third-order valence-corrected chi connectivity index (χ3v) is 7.01. The Morgan fingerprint density at radius 1 is 1.11 bits per heavy atom. The van der Waals surface area contributed by atoms with Crippen molar-refractivity contribution in [1.82, 2.24) is 9.62 Å². The molecule has 2 N–H and O–H groups in total. The quantitative estimate of drug-likeness (QED) is 0.587. The number of carbonyl (C=O) groups is 1. The van der Waals surface area contributed by atoms with Gasteiger partial charge in [0.25, 0.3) is 0 Å². The van der Waals surface area contributed by atoms with E-state index < -0.39 is 10.0 Å². The number of rotatable bonds is 9. The second-order valence-corrected chi connectivity index (χ2v) is 9.63. The van der Waals surface area contributed by atoms with Gasteiger partial charge in [-0.25, -0.2) is 8.42 Å². The van der Waals surface area contributed by atoms with Crippen LogP contribution in [0, 0.1) is 5.92 Å². The molecule has 28 heavy (non-hydrogen) atoms. The second kappa shape index (κ2) is 10.9. The van der Waals surface area contributed by atoms with Gasteiger partial charge in [0.1, 0.15) is 0 Å². The molecule has 0 atom stereocenters. The van der Waals surface area contributed by atoms with Crippen molar-refractivity contribution in [1.29, 1.82) is 0 Å². The van der Waals surface area contributed by atoms with E-state index in [-0.39, 0.29) is 15.9 Å². The Kier molecular flexibility index (Phi) is 8.85. The van der Waals surface area contributed by atoms with Gasteiger partial charge in [-0.3, -0.25) is 4.79 Å². The van der Waals surface area contributed by atoms with Crippen molar-refractivity contribution in [3.05, 3.63) is 24.3 Å². The number of nitrogens with zero attached hydrogens (tertiary/aromatic N) is 1. The molecular weight excluding hydrogens is 394 g/mol. The first-order valence-electron chi connectivity index (χ1n) is 10.1. The molecule has 0 saturated heterocycles. The Morgan fingerprint density at radius 2 is 1.68 bits per heavy atom. The molecule has 1 amide bonds. The molecule has 0 aromatic heterocycles. The standard InChI is InChI=1S/C20H31N3O3S2/c1-3-13-23(14-4-2)28(25,26)18-11-9-17(10-12-18)21-20(27)22-19(24)15-16-7-5-6-8-16/h9-12,16H,3-8,13-15H2,1-2H3,(H2,21,22,24,27). The van der Waals surface area contributed by atoms with E-state index in [0.717, 1.165) is 25.7 Å². The van der Waals surface area contributed by atoms with Crippen molar-refractivity contribution in [3.8, 4) is 0 Å². The number of thiocarbonyl (C=S) groups is 1. The SMILES string of the molecule is CCCN(CCC)S(=O)(=O)c1ccc(NC(=S)NC(=O)CC2CCCC2)cc1. The fraction of sp³-hybridized carbons (Fsp3) is 0.600. The van der Waals surface area contributed by atoms with Crippen LogP contribution in [0.25, 0.3) is 0 Å². The van der Waals surface area contributed by atoms with Gasteiger partial charge in [-0.05, 0) is 68.1 Å². The predicted molar refractivity (Wildman–Crippen MR) is 117 cm³/mol. The highest BCUT2D eigenvalue weighted by Crippen LogP contribution is 2.27. The molecule has 1 fully saturated rings. The summed E-state index contributed by atoms with van der Waals surface area (Å²) in [6, 6.07) is 6.47. The molecule has 6 nitrogen and oxygen atoms in total. The molecular formula is C20H31N3O3S2. The molecule has 0 unspecified atom stereocenters. The summed E-state index contributed by atoms with van der Waals surface area (Å²) in [5.74, 6) is 0.389. The Morgan fingerprint density at radius 3 is 2.21 bits per heavy atom. The summed E-state index contributed by atoms with van der Waals surface area (Å²) >= 11 is 5.20. The molecule has 2 rings (SSSR count). The molecule has 0 bridgehead atoms. The number of amides is 1. The highest BCUT2D eigenvalue weighted by molar-refractivity contribution is 7.89. The number of anilines is 1. The van der Waals surface area contributed by atoms with Gasteiger partial charge in [-0.2, -0.15) is 4.31 Å². The van der Waals surface area contributed by atoms with Crippen LogP contribution in [0.5, 0.6) is 0 Å². The van der Waals surface area contributed by atoms with Crippen LogP contribution in [0.2, 0.25) is 0 Å². The number of sulfonamides is 1. The van der Waals surface area contributed by atoms with Crippen molar-refractivity contribution in [2.45, 2.75) is 63.7 Å². The third-order valence-electron chi connectivity index (χ3n) is 4.90. The number of hydrogen-bond donors (Lipinski definition) is 2. The van der Waals surface area contributed by atoms with Gasteiger partial charge < -0.3 is 10.6 Å². The normalized spacial score (nSPS) is 15.0. The summed E-state index contributed by atoms with van der Waals surface area (Å²) in [5, 5.41) is 5.89. The van der Waals surface area contributed by atoms with Crippen LogP contribution in [0.3, 0.4) is 0 Å². The van der Waals surface area contributed by atoms with Gasteiger partial charge in [-0.15, -0.1) is 0 Å².